The lowest BCUT2D eigenvalue weighted by molar-refractivity contribution is -0.385. The van der Waals surface area contributed by atoms with Gasteiger partial charge in [0, 0.05) is 36.2 Å². The molecular formula is C16H11F3N4O4. The van der Waals surface area contributed by atoms with Crippen molar-refractivity contribution in [1.82, 2.24) is 0 Å². The molecule has 2 aromatic rings. The van der Waals surface area contributed by atoms with Gasteiger partial charge in [-0.15, -0.1) is 0 Å². The first-order chi connectivity index (χ1) is 12.7. The third-order valence-electron chi connectivity index (χ3n) is 3.19. The Morgan fingerprint density at radius 3 is 1.85 bits per heavy atom. The van der Waals surface area contributed by atoms with Gasteiger partial charge in [-0.1, -0.05) is 0 Å². The predicted molar refractivity (Wildman–Crippen MR) is 92.1 cm³/mol. The van der Waals surface area contributed by atoms with E-state index in [1.165, 1.54) is 24.3 Å². The number of rotatable bonds is 6. The molecule has 2 rings (SSSR count). The highest BCUT2D eigenvalue weighted by Gasteiger charge is 2.33. The molecule has 2 aromatic carbocycles. The summed E-state index contributed by atoms with van der Waals surface area (Å²) in [6, 6.07) is 9.37. The largest absolute Gasteiger partial charge is 0.431 e. The third kappa shape index (κ3) is 5.63. The van der Waals surface area contributed by atoms with Crippen LogP contribution in [0.3, 0.4) is 0 Å². The van der Waals surface area contributed by atoms with Gasteiger partial charge in [0.05, 0.1) is 15.5 Å². The van der Waals surface area contributed by atoms with Crippen LogP contribution in [-0.2, 0) is 0 Å². The number of anilines is 1. The predicted octanol–water partition coefficient (Wildman–Crippen LogP) is 4.76. The molecule has 0 radical (unpaired) electrons. The van der Waals surface area contributed by atoms with Crippen LogP contribution in [0.2, 0.25) is 0 Å². The quantitative estimate of drug-likeness (QED) is 0.441. The Balaban J connectivity index is 2.17. The zero-order valence-corrected chi connectivity index (χ0v) is 13.4. The van der Waals surface area contributed by atoms with Crippen molar-refractivity contribution < 1.29 is 23.0 Å². The van der Waals surface area contributed by atoms with Crippen molar-refractivity contribution in [3.8, 4) is 0 Å². The van der Waals surface area contributed by atoms with Crippen LogP contribution in [0.4, 0.5) is 35.9 Å². The lowest BCUT2D eigenvalue weighted by Crippen LogP contribution is -2.19. The monoisotopic (exact) mass is 380 g/mol. The van der Waals surface area contributed by atoms with Crippen LogP contribution in [0.1, 0.15) is 0 Å². The number of hydrogen-bond acceptors (Lipinski definition) is 6. The maximum atomic E-state index is 13.1. The number of non-ortho nitro benzene ring substituents is 2. The second-order valence-corrected chi connectivity index (χ2v) is 5.06. The Labute approximate surface area is 150 Å². The molecule has 0 amide bonds. The Morgan fingerprint density at radius 1 is 0.926 bits per heavy atom. The fourth-order valence-electron chi connectivity index (χ4n) is 1.89. The van der Waals surface area contributed by atoms with E-state index in [4.69, 9.17) is 0 Å². The second-order valence-electron chi connectivity index (χ2n) is 5.06. The van der Waals surface area contributed by atoms with E-state index in [0.717, 1.165) is 30.5 Å². The molecular weight excluding hydrogens is 369 g/mol. The summed E-state index contributed by atoms with van der Waals surface area (Å²) in [5.41, 5.74) is -1.32. The molecule has 0 atom stereocenters. The fraction of sp³-hybridized carbons (Fsp3) is 0.0625. The Morgan fingerprint density at radius 2 is 1.41 bits per heavy atom. The number of nitro benzene ring substituents is 2. The van der Waals surface area contributed by atoms with Gasteiger partial charge in [0.15, 0.2) is 0 Å². The summed E-state index contributed by atoms with van der Waals surface area (Å²) in [7, 11) is 0. The van der Waals surface area contributed by atoms with Gasteiger partial charge < -0.3 is 5.32 Å². The number of nitrogens with one attached hydrogen (secondary N) is 1. The van der Waals surface area contributed by atoms with E-state index in [-0.39, 0.29) is 22.7 Å². The van der Waals surface area contributed by atoms with Gasteiger partial charge in [-0.25, -0.2) is 0 Å². The molecule has 0 aliphatic heterocycles. The average Bonchev–Trinajstić information content (AvgIpc) is 2.61. The van der Waals surface area contributed by atoms with Crippen LogP contribution < -0.4 is 5.32 Å². The number of allylic oxidation sites excluding steroid dienone is 2. The van der Waals surface area contributed by atoms with E-state index in [2.05, 4.69) is 10.3 Å². The number of nitro groups is 2. The van der Waals surface area contributed by atoms with Gasteiger partial charge in [-0.3, -0.25) is 25.2 Å². The highest BCUT2D eigenvalue weighted by atomic mass is 19.4. The molecule has 0 fully saturated rings. The van der Waals surface area contributed by atoms with Crippen molar-refractivity contribution >= 4 is 29.0 Å². The lowest BCUT2D eigenvalue weighted by atomic mass is 10.2. The highest BCUT2D eigenvalue weighted by molar-refractivity contribution is 5.77. The minimum Gasteiger partial charge on any atom is -0.351 e. The molecule has 0 saturated carbocycles. The number of nitrogens with zero attached hydrogens (tertiary/aromatic N) is 3. The van der Waals surface area contributed by atoms with Crippen LogP contribution in [0.5, 0.6) is 0 Å². The molecule has 1 N–H and O–H groups in total. The number of hydrogen-bond donors (Lipinski definition) is 1. The summed E-state index contributed by atoms with van der Waals surface area (Å²) in [5.74, 6) is 0. The van der Waals surface area contributed by atoms with Gasteiger partial charge in [0.2, 0.25) is 0 Å². The molecule has 0 aliphatic carbocycles. The fourth-order valence-corrected chi connectivity index (χ4v) is 1.89. The summed E-state index contributed by atoms with van der Waals surface area (Å²) >= 11 is 0. The van der Waals surface area contributed by atoms with E-state index < -0.39 is 21.7 Å². The van der Waals surface area contributed by atoms with Crippen molar-refractivity contribution in [2.24, 2.45) is 4.99 Å². The molecule has 11 heteroatoms. The van der Waals surface area contributed by atoms with E-state index >= 15 is 0 Å². The van der Waals surface area contributed by atoms with Crippen LogP contribution in [0, 0.1) is 20.2 Å². The molecule has 0 heterocycles. The van der Waals surface area contributed by atoms with Crippen molar-refractivity contribution in [2.45, 2.75) is 6.18 Å². The van der Waals surface area contributed by atoms with E-state index in [9.17, 15) is 33.4 Å². The number of halogens is 3. The summed E-state index contributed by atoms with van der Waals surface area (Å²) in [5, 5.41) is 23.2. The first-order valence-electron chi connectivity index (χ1n) is 7.24. The normalized spacial score (nSPS) is 12.2. The molecule has 0 unspecified atom stereocenters. The van der Waals surface area contributed by atoms with E-state index in [0.29, 0.717) is 6.08 Å². The molecule has 8 nitrogen and oxygen atoms in total. The molecule has 0 aromatic heterocycles. The highest BCUT2D eigenvalue weighted by Crippen LogP contribution is 2.27. The first kappa shape index (κ1) is 19.6. The SMILES string of the molecule is O=[N+]([O-])c1ccc(N=C/C=C(/Nc2ccc([N+](=O)[O-])cc2)C(F)(F)F)cc1. The second kappa shape index (κ2) is 8.08. The van der Waals surface area contributed by atoms with Crippen LogP contribution in [0.15, 0.2) is 65.3 Å². The van der Waals surface area contributed by atoms with Gasteiger partial charge >= 0.3 is 6.18 Å². The summed E-state index contributed by atoms with van der Waals surface area (Å²) in [6.45, 7) is 0. The van der Waals surface area contributed by atoms with Gasteiger partial charge in [0.25, 0.3) is 11.4 Å². The van der Waals surface area contributed by atoms with Crippen molar-refractivity contribution in [3.05, 3.63) is 80.5 Å². The maximum absolute atomic E-state index is 13.1. The summed E-state index contributed by atoms with van der Waals surface area (Å²) in [6.07, 6.45) is -3.14. The standard InChI is InChI=1S/C16H11F3N4O4/c17-16(18,19)15(21-12-3-7-14(8-4-12)23(26)27)9-10-20-11-1-5-13(6-2-11)22(24)25/h1-10,21H/b15-9+,20-10?. The molecule has 0 bridgehead atoms. The minimum absolute atomic E-state index is 0.00732. The van der Waals surface area contributed by atoms with Gasteiger partial charge in [0.1, 0.15) is 5.70 Å². The lowest BCUT2D eigenvalue weighted by Gasteiger charge is -2.13. The average molecular weight is 380 g/mol. The third-order valence-corrected chi connectivity index (χ3v) is 3.19. The number of alkyl halides is 3. The van der Waals surface area contributed by atoms with Crippen LogP contribution >= 0.6 is 0 Å². The summed E-state index contributed by atoms with van der Waals surface area (Å²) in [4.78, 5) is 23.6. The maximum Gasteiger partial charge on any atom is 0.431 e. The summed E-state index contributed by atoms with van der Waals surface area (Å²) < 4.78 is 39.3. The molecule has 0 aliphatic rings. The topological polar surface area (TPSA) is 111 Å². The van der Waals surface area contributed by atoms with Gasteiger partial charge in [-0.2, -0.15) is 13.2 Å². The van der Waals surface area contributed by atoms with Gasteiger partial charge in [-0.05, 0) is 30.3 Å². The Bertz CT molecular complexity index is 891. The number of benzene rings is 2. The molecule has 140 valence electrons. The molecule has 0 saturated heterocycles. The van der Waals surface area contributed by atoms with Crippen molar-refractivity contribution in [1.29, 1.82) is 0 Å². The molecule has 0 spiro atoms. The zero-order valence-electron chi connectivity index (χ0n) is 13.4. The zero-order chi connectivity index (χ0) is 20.0. The van der Waals surface area contributed by atoms with E-state index in [1.807, 2.05) is 0 Å². The van der Waals surface area contributed by atoms with Crippen molar-refractivity contribution in [2.75, 3.05) is 5.32 Å². The van der Waals surface area contributed by atoms with Crippen LogP contribution in [-0.4, -0.2) is 22.2 Å². The Kier molecular flexibility index (Phi) is 5.85. The van der Waals surface area contributed by atoms with E-state index in [1.54, 1.807) is 0 Å². The smallest absolute Gasteiger partial charge is 0.351 e. The minimum atomic E-state index is -4.72. The molecule has 27 heavy (non-hydrogen) atoms. The number of aliphatic imine (C=N–C) groups is 1. The van der Waals surface area contributed by atoms with Crippen LogP contribution in [0.25, 0.3) is 0 Å². The van der Waals surface area contributed by atoms with Crippen molar-refractivity contribution in [3.63, 3.8) is 0 Å². The Hall–Kier alpha value is -3.76. The first-order valence-corrected chi connectivity index (χ1v) is 7.24.